The Labute approximate surface area is 354 Å². The van der Waals surface area contributed by atoms with Crippen LogP contribution in [0.4, 0.5) is 0 Å². The molecule has 1 saturated heterocycles. The van der Waals surface area contributed by atoms with Crippen molar-refractivity contribution in [2.75, 3.05) is 6.61 Å². The summed E-state index contributed by atoms with van der Waals surface area (Å²) in [6.07, 6.45) is -5.87. The molecule has 3 aliphatic heterocycles. The van der Waals surface area contributed by atoms with Gasteiger partial charge in [0.25, 0.3) is 0 Å². The summed E-state index contributed by atoms with van der Waals surface area (Å²) in [5, 5.41) is 106. The summed E-state index contributed by atoms with van der Waals surface area (Å²) in [6, 6.07) is 30.1. The highest BCUT2D eigenvalue weighted by molar-refractivity contribution is 5.76. The molecule has 14 nitrogen and oxygen atoms in total. The van der Waals surface area contributed by atoms with Gasteiger partial charge >= 0.3 is 0 Å². The van der Waals surface area contributed by atoms with Crippen molar-refractivity contribution >= 4 is 12.2 Å². The maximum Gasteiger partial charge on any atom is 0.229 e. The van der Waals surface area contributed by atoms with Crippen LogP contribution in [0.3, 0.4) is 0 Å². The molecule has 6 aromatic carbocycles. The molecule has 0 saturated carbocycles. The first-order valence-electron chi connectivity index (χ1n) is 19.8. The van der Waals surface area contributed by atoms with E-state index in [9.17, 15) is 51.1 Å². The number of aliphatic hydroxyl groups excluding tert-OH is 4. The number of benzene rings is 6. The van der Waals surface area contributed by atoms with Crippen molar-refractivity contribution in [3.8, 4) is 51.7 Å². The molecule has 0 spiro atoms. The standard InChI is InChI=1S/C48H42O14/c49-22-38-43(56)44(57)45(58)48(62-38)59-34-17-27(16-31(53)18-34)40-41-35(19-33(55)21-37(41)61-46(40)24-5-11-29(51)12-6-24)42-39-26(4-1-23-2-9-28(50)10-3-23)15-32(54)20-36(39)60-47(42)25-7-13-30(52)14-8-25/h1-21,38,40,42-58H,22H2/b4-1-/t38-,40-,42+,43-,44+,45-,46+,47-,48-/m1/s1. The molecule has 6 aromatic rings. The van der Waals surface area contributed by atoms with Gasteiger partial charge in [0.2, 0.25) is 6.29 Å². The third-order valence-electron chi connectivity index (χ3n) is 11.6. The van der Waals surface area contributed by atoms with E-state index in [1.54, 1.807) is 66.7 Å². The van der Waals surface area contributed by atoms with E-state index in [-0.39, 0.29) is 40.2 Å². The molecule has 9 rings (SSSR count). The lowest BCUT2D eigenvalue weighted by atomic mass is 9.75. The zero-order valence-electron chi connectivity index (χ0n) is 32.6. The summed E-state index contributed by atoms with van der Waals surface area (Å²) >= 11 is 0. The van der Waals surface area contributed by atoms with E-state index in [1.807, 2.05) is 12.2 Å². The predicted octanol–water partition coefficient (Wildman–Crippen LogP) is 5.80. The van der Waals surface area contributed by atoms with Crippen LogP contribution in [0.5, 0.6) is 51.7 Å². The van der Waals surface area contributed by atoms with Gasteiger partial charge in [0.15, 0.2) is 0 Å². The van der Waals surface area contributed by atoms with Crippen molar-refractivity contribution in [2.45, 2.75) is 54.7 Å². The van der Waals surface area contributed by atoms with Crippen LogP contribution in [-0.2, 0) is 4.74 Å². The zero-order valence-corrected chi connectivity index (χ0v) is 32.6. The Morgan fingerprint density at radius 2 is 1.05 bits per heavy atom. The fourth-order valence-electron chi connectivity index (χ4n) is 8.67. The second-order valence-electron chi connectivity index (χ2n) is 15.6. The first-order valence-corrected chi connectivity index (χ1v) is 19.8. The lowest BCUT2D eigenvalue weighted by molar-refractivity contribution is -0.277. The highest BCUT2D eigenvalue weighted by atomic mass is 16.7. The minimum Gasteiger partial charge on any atom is -0.508 e. The van der Waals surface area contributed by atoms with Crippen molar-refractivity contribution in [1.29, 1.82) is 0 Å². The van der Waals surface area contributed by atoms with Gasteiger partial charge in [-0.05, 0) is 94.0 Å². The highest BCUT2D eigenvalue weighted by Gasteiger charge is 2.47. The number of fused-ring (bicyclic) bond motifs is 2. The van der Waals surface area contributed by atoms with Crippen LogP contribution >= 0.6 is 0 Å². The van der Waals surface area contributed by atoms with E-state index in [2.05, 4.69) is 0 Å². The molecule has 0 amide bonds. The number of rotatable bonds is 9. The van der Waals surface area contributed by atoms with Crippen LogP contribution in [0, 0.1) is 0 Å². The first kappa shape index (κ1) is 40.5. The SMILES string of the molecule is OC[C@H]1O[C@@H](Oc2cc(O)cc([C@@H]3c4c(cc(O)cc4[C@H]4c5c(/C=C\c6ccc(O)cc6)cc(O)cc5O[C@@H]4c4ccc(O)cc4)O[C@H]3c3ccc(O)cc3)c2)[C@H](O)[C@@H](O)[C@@H]1O. The van der Waals surface area contributed by atoms with Gasteiger partial charge < -0.3 is 70.0 Å². The smallest absolute Gasteiger partial charge is 0.229 e. The molecule has 9 atom stereocenters. The van der Waals surface area contributed by atoms with E-state index in [4.69, 9.17) is 18.9 Å². The molecule has 0 bridgehead atoms. The lowest BCUT2D eigenvalue weighted by Gasteiger charge is -2.39. The Morgan fingerprint density at radius 3 is 1.66 bits per heavy atom. The van der Waals surface area contributed by atoms with Crippen LogP contribution in [0.2, 0.25) is 0 Å². The average Bonchev–Trinajstić information content (AvgIpc) is 3.83. The fourth-order valence-corrected chi connectivity index (χ4v) is 8.67. The molecular weight excluding hydrogens is 801 g/mol. The first-order chi connectivity index (χ1) is 29.8. The third-order valence-corrected chi connectivity index (χ3v) is 11.6. The molecule has 10 N–H and O–H groups in total. The van der Waals surface area contributed by atoms with Crippen molar-refractivity contribution in [3.63, 3.8) is 0 Å². The van der Waals surface area contributed by atoms with Crippen LogP contribution < -0.4 is 14.2 Å². The van der Waals surface area contributed by atoms with Gasteiger partial charge in [0.05, 0.1) is 18.4 Å². The van der Waals surface area contributed by atoms with Gasteiger partial charge in [0.1, 0.15) is 88.4 Å². The van der Waals surface area contributed by atoms with E-state index < -0.39 is 61.4 Å². The minimum absolute atomic E-state index is 0.00351. The monoisotopic (exact) mass is 842 g/mol. The summed E-state index contributed by atoms with van der Waals surface area (Å²) in [7, 11) is 0. The van der Waals surface area contributed by atoms with Gasteiger partial charge in [-0.15, -0.1) is 0 Å². The van der Waals surface area contributed by atoms with Crippen molar-refractivity contribution in [2.24, 2.45) is 0 Å². The number of ether oxygens (including phenoxy) is 4. The molecule has 0 radical (unpaired) electrons. The molecule has 3 aliphatic rings. The number of hydrogen-bond acceptors (Lipinski definition) is 14. The number of aromatic hydroxyl groups is 6. The van der Waals surface area contributed by atoms with Crippen LogP contribution in [-0.4, -0.2) is 88.4 Å². The Morgan fingerprint density at radius 1 is 0.500 bits per heavy atom. The molecule has 0 aliphatic carbocycles. The second kappa shape index (κ2) is 16.2. The largest absolute Gasteiger partial charge is 0.508 e. The Balaban J connectivity index is 1.23. The normalized spacial score (nSPS) is 25.2. The Kier molecular flexibility index (Phi) is 10.5. The zero-order chi connectivity index (χ0) is 43.4. The summed E-state index contributed by atoms with van der Waals surface area (Å²) in [6.45, 7) is -0.677. The summed E-state index contributed by atoms with van der Waals surface area (Å²) in [5.74, 6) is -1.17. The second-order valence-corrected chi connectivity index (χ2v) is 15.6. The van der Waals surface area contributed by atoms with Gasteiger partial charge in [-0.1, -0.05) is 48.6 Å². The summed E-state index contributed by atoms with van der Waals surface area (Å²) < 4.78 is 25.1. The highest BCUT2D eigenvalue weighted by Crippen LogP contribution is 2.60. The molecule has 0 aromatic heterocycles. The Bertz CT molecular complexity index is 2630. The number of hydrogen-bond donors (Lipinski definition) is 10. The predicted molar refractivity (Wildman–Crippen MR) is 222 cm³/mol. The van der Waals surface area contributed by atoms with Crippen molar-refractivity contribution < 1.29 is 70.0 Å². The minimum atomic E-state index is -1.73. The summed E-state index contributed by atoms with van der Waals surface area (Å²) in [4.78, 5) is 0. The van der Waals surface area contributed by atoms with E-state index >= 15 is 0 Å². The van der Waals surface area contributed by atoms with E-state index in [0.717, 1.165) is 5.56 Å². The maximum absolute atomic E-state index is 11.5. The maximum atomic E-state index is 11.5. The molecule has 14 heteroatoms. The molecule has 0 unspecified atom stereocenters. The molecular formula is C48H42O14. The van der Waals surface area contributed by atoms with Gasteiger partial charge in [-0.2, -0.15) is 0 Å². The quantitative estimate of drug-likeness (QED) is 0.0775. The van der Waals surface area contributed by atoms with Gasteiger partial charge in [-0.3, -0.25) is 0 Å². The fraction of sp³-hybridized carbons (Fsp3) is 0.208. The topological polar surface area (TPSA) is 239 Å². The van der Waals surface area contributed by atoms with Crippen LogP contribution in [0.15, 0.2) is 115 Å². The van der Waals surface area contributed by atoms with Gasteiger partial charge in [-0.25, -0.2) is 0 Å². The third kappa shape index (κ3) is 7.54. The van der Waals surface area contributed by atoms with Gasteiger partial charge in [0, 0.05) is 29.3 Å². The molecule has 1 fully saturated rings. The summed E-state index contributed by atoms with van der Waals surface area (Å²) in [5.41, 5.74) is 4.84. The van der Waals surface area contributed by atoms with E-state index in [1.165, 1.54) is 48.5 Å². The van der Waals surface area contributed by atoms with E-state index in [0.29, 0.717) is 50.4 Å². The number of phenolic OH excluding ortho intramolecular Hbond substituents is 6. The number of aliphatic hydroxyl groups is 4. The number of phenols is 6. The Hall–Kier alpha value is -6.94. The van der Waals surface area contributed by atoms with Crippen molar-refractivity contribution in [1.82, 2.24) is 0 Å². The van der Waals surface area contributed by atoms with Crippen molar-refractivity contribution in [3.05, 3.63) is 160 Å². The lowest BCUT2D eigenvalue weighted by Crippen LogP contribution is -2.60. The van der Waals surface area contributed by atoms with Crippen LogP contribution in [0.25, 0.3) is 12.2 Å². The molecule has 318 valence electrons. The molecule has 3 heterocycles. The van der Waals surface area contributed by atoms with Crippen LogP contribution in [0.1, 0.15) is 68.6 Å². The average molecular weight is 843 g/mol. The molecule has 62 heavy (non-hydrogen) atoms.